The van der Waals surface area contributed by atoms with Gasteiger partial charge < -0.3 is 15.2 Å². The molecule has 0 spiro atoms. The second kappa shape index (κ2) is 6.58. The van der Waals surface area contributed by atoms with Gasteiger partial charge in [0.1, 0.15) is 0 Å². The molecule has 0 saturated carbocycles. The zero-order valence-corrected chi connectivity index (χ0v) is 12.7. The summed E-state index contributed by atoms with van der Waals surface area (Å²) in [7, 11) is 1.35. The summed E-state index contributed by atoms with van der Waals surface area (Å²) in [5.41, 5.74) is 0.915. The van der Waals surface area contributed by atoms with Crippen LogP contribution in [0.3, 0.4) is 0 Å². The highest BCUT2D eigenvalue weighted by molar-refractivity contribution is 9.10. The van der Waals surface area contributed by atoms with E-state index in [4.69, 9.17) is 4.74 Å². The number of hydrogen-bond donors (Lipinski definition) is 2. The summed E-state index contributed by atoms with van der Waals surface area (Å²) in [6.45, 7) is 0. The number of halogens is 2. The van der Waals surface area contributed by atoms with Crippen molar-refractivity contribution in [3.05, 3.63) is 58.3 Å². The van der Waals surface area contributed by atoms with Crippen LogP contribution in [0, 0.1) is 5.82 Å². The molecule has 110 valence electrons. The number of para-hydroxylation sites is 1. The molecule has 4 nitrogen and oxygen atoms in total. The predicted octanol–water partition coefficient (Wildman–Crippen LogP) is 3.83. The third-order valence-corrected chi connectivity index (χ3v) is 3.62. The maximum atomic E-state index is 13.7. The van der Waals surface area contributed by atoms with E-state index in [-0.39, 0.29) is 5.75 Å². The number of nitrogens with one attached hydrogen (secondary N) is 1. The van der Waals surface area contributed by atoms with Gasteiger partial charge in [-0.15, -0.1) is 0 Å². The topological polar surface area (TPSA) is 58.6 Å². The molecule has 0 aromatic heterocycles. The van der Waals surface area contributed by atoms with Crippen LogP contribution in [0.4, 0.5) is 10.1 Å². The van der Waals surface area contributed by atoms with E-state index in [0.717, 1.165) is 10.5 Å². The largest absolute Gasteiger partial charge is 0.494 e. The fourth-order valence-electron chi connectivity index (χ4n) is 1.88. The summed E-state index contributed by atoms with van der Waals surface area (Å²) in [6.07, 6.45) is 0. The van der Waals surface area contributed by atoms with Gasteiger partial charge in [0.15, 0.2) is 17.6 Å². The number of carbonyl (C=O) groups is 1. The van der Waals surface area contributed by atoms with E-state index in [0.29, 0.717) is 11.3 Å². The van der Waals surface area contributed by atoms with Gasteiger partial charge in [-0.3, -0.25) is 0 Å². The van der Waals surface area contributed by atoms with E-state index in [1.165, 1.54) is 19.2 Å². The predicted molar refractivity (Wildman–Crippen MR) is 81.1 cm³/mol. The fourth-order valence-corrected chi connectivity index (χ4v) is 2.28. The minimum Gasteiger partial charge on any atom is -0.494 e. The second-order valence-electron chi connectivity index (χ2n) is 4.29. The number of hydrogen-bond acceptors (Lipinski definition) is 3. The zero-order chi connectivity index (χ0) is 15.4. The van der Waals surface area contributed by atoms with Crippen molar-refractivity contribution in [2.75, 3.05) is 12.4 Å². The monoisotopic (exact) mass is 353 g/mol. The Kier molecular flexibility index (Phi) is 4.80. The lowest BCUT2D eigenvalue weighted by atomic mass is 10.1. The smallest absolute Gasteiger partial charge is 0.330 e. The molecule has 2 aromatic carbocycles. The molecule has 0 saturated heterocycles. The number of benzene rings is 2. The first-order valence-electron chi connectivity index (χ1n) is 6.10. The molecule has 0 heterocycles. The van der Waals surface area contributed by atoms with Crippen LogP contribution in [0.1, 0.15) is 11.6 Å². The molecule has 2 aromatic rings. The van der Waals surface area contributed by atoms with Crippen LogP contribution in [-0.2, 0) is 4.79 Å². The van der Waals surface area contributed by atoms with Crippen molar-refractivity contribution in [1.29, 1.82) is 0 Å². The summed E-state index contributed by atoms with van der Waals surface area (Å²) < 4.78 is 19.3. The molecule has 0 aliphatic rings. The first-order valence-corrected chi connectivity index (χ1v) is 6.89. The van der Waals surface area contributed by atoms with E-state index in [1.807, 2.05) is 6.07 Å². The van der Waals surface area contributed by atoms with E-state index in [1.54, 1.807) is 18.2 Å². The van der Waals surface area contributed by atoms with Crippen molar-refractivity contribution in [1.82, 2.24) is 0 Å². The Labute approximate surface area is 129 Å². The minimum absolute atomic E-state index is 0.0729. The van der Waals surface area contributed by atoms with Gasteiger partial charge in [0.2, 0.25) is 0 Å². The molecular formula is C15H13BrFNO3. The number of methoxy groups -OCH3 is 1. The van der Waals surface area contributed by atoms with E-state index in [9.17, 15) is 14.3 Å². The van der Waals surface area contributed by atoms with Crippen LogP contribution in [0.2, 0.25) is 0 Å². The summed E-state index contributed by atoms with van der Waals surface area (Å²) in [6, 6.07) is 10.1. The summed E-state index contributed by atoms with van der Waals surface area (Å²) in [4.78, 5) is 11.4. The Morgan fingerprint density at radius 1 is 1.33 bits per heavy atom. The van der Waals surface area contributed by atoms with Crippen molar-refractivity contribution in [2.24, 2.45) is 0 Å². The molecule has 2 rings (SSSR count). The Morgan fingerprint density at radius 3 is 2.62 bits per heavy atom. The normalized spacial score (nSPS) is 11.8. The van der Waals surface area contributed by atoms with Crippen molar-refractivity contribution in [3.8, 4) is 5.75 Å². The number of carboxylic acid groups (broad SMARTS) is 1. The third kappa shape index (κ3) is 3.52. The number of carboxylic acids is 1. The molecule has 0 bridgehead atoms. The molecule has 1 unspecified atom stereocenters. The number of rotatable bonds is 5. The van der Waals surface area contributed by atoms with Gasteiger partial charge in [-0.1, -0.05) is 18.2 Å². The Morgan fingerprint density at radius 2 is 2.05 bits per heavy atom. The highest BCUT2D eigenvalue weighted by atomic mass is 79.9. The molecule has 0 radical (unpaired) electrons. The van der Waals surface area contributed by atoms with E-state index in [2.05, 4.69) is 21.2 Å². The van der Waals surface area contributed by atoms with Crippen molar-refractivity contribution < 1.29 is 19.0 Å². The third-order valence-electron chi connectivity index (χ3n) is 2.93. The van der Waals surface area contributed by atoms with E-state index >= 15 is 0 Å². The Balaban J connectivity index is 2.34. The van der Waals surface area contributed by atoms with Gasteiger partial charge in [-0.2, -0.15) is 0 Å². The highest BCUT2D eigenvalue weighted by Crippen LogP contribution is 2.28. The number of ether oxygens (including phenoxy) is 1. The number of anilines is 1. The lowest BCUT2D eigenvalue weighted by Gasteiger charge is -2.17. The van der Waals surface area contributed by atoms with Crippen LogP contribution in [0.5, 0.6) is 5.75 Å². The number of aliphatic carboxylic acids is 1. The SMILES string of the molecule is COc1ccc(C(Nc2ccccc2Br)C(=O)O)cc1F. The standard InChI is InChI=1S/C15H13BrFNO3/c1-21-13-7-6-9(8-11(13)17)14(15(19)20)18-12-5-3-2-4-10(12)16/h2-8,14,18H,1H3,(H,19,20). The maximum absolute atomic E-state index is 13.7. The van der Waals surface area contributed by atoms with Crippen molar-refractivity contribution in [3.63, 3.8) is 0 Å². The molecule has 6 heteroatoms. The Bertz CT molecular complexity index is 663. The van der Waals surface area contributed by atoms with Crippen molar-refractivity contribution >= 4 is 27.6 Å². The molecule has 21 heavy (non-hydrogen) atoms. The lowest BCUT2D eigenvalue weighted by molar-refractivity contribution is -0.138. The van der Waals surface area contributed by atoms with Gasteiger partial charge in [0.05, 0.1) is 7.11 Å². The van der Waals surface area contributed by atoms with Crippen LogP contribution in [0.25, 0.3) is 0 Å². The van der Waals surface area contributed by atoms with Crippen LogP contribution in [0.15, 0.2) is 46.9 Å². The zero-order valence-electron chi connectivity index (χ0n) is 11.1. The molecular weight excluding hydrogens is 341 g/mol. The molecule has 0 aliphatic carbocycles. The minimum atomic E-state index is -1.10. The van der Waals surface area contributed by atoms with Crippen molar-refractivity contribution in [2.45, 2.75) is 6.04 Å². The molecule has 0 fully saturated rings. The highest BCUT2D eigenvalue weighted by Gasteiger charge is 2.21. The average Bonchev–Trinajstić information content (AvgIpc) is 2.46. The lowest BCUT2D eigenvalue weighted by Crippen LogP contribution is -2.20. The molecule has 2 N–H and O–H groups in total. The Hall–Kier alpha value is -2.08. The fraction of sp³-hybridized carbons (Fsp3) is 0.133. The summed E-state index contributed by atoms with van der Waals surface area (Å²) >= 11 is 3.33. The first-order chi connectivity index (χ1) is 10.0. The van der Waals surface area contributed by atoms with Crippen LogP contribution >= 0.6 is 15.9 Å². The average molecular weight is 354 g/mol. The van der Waals surface area contributed by atoms with Gasteiger partial charge in [0, 0.05) is 10.2 Å². The molecule has 1 atom stereocenters. The maximum Gasteiger partial charge on any atom is 0.330 e. The second-order valence-corrected chi connectivity index (χ2v) is 5.14. The van der Waals surface area contributed by atoms with E-state index < -0.39 is 17.8 Å². The van der Waals surface area contributed by atoms with Crippen LogP contribution < -0.4 is 10.1 Å². The molecule has 0 amide bonds. The first kappa shape index (κ1) is 15.3. The van der Waals surface area contributed by atoms with Crippen LogP contribution in [-0.4, -0.2) is 18.2 Å². The van der Waals surface area contributed by atoms with Gasteiger partial charge in [-0.05, 0) is 45.8 Å². The summed E-state index contributed by atoms with van der Waals surface area (Å²) in [5.74, 6) is -1.63. The van der Waals surface area contributed by atoms with Gasteiger partial charge in [-0.25, -0.2) is 9.18 Å². The summed E-state index contributed by atoms with van der Waals surface area (Å²) in [5, 5.41) is 12.2. The van der Waals surface area contributed by atoms with Gasteiger partial charge >= 0.3 is 5.97 Å². The quantitative estimate of drug-likeness (QED) is 0.857. The molecule has 0 aliphatic heterocycles. The van der Waals surface area contributed by atoms with Gasteiger partial charge in [0.25, 0.3) is 0 Å².